The van der Waals surface area contributed by atoms with E-state index in [1.54, 1.807) is 18.2 Å². The van der Waals surface area contributed by atoms with Gasteiger partial charge in [0.25, 0.3) is 5.91 Å². The van der Waals surface area contributed by atoms with Gasteiger partial charge in [-0.25, -0.2) is 0 Å². The molecule has 5 heteroatoms. The third kappa shape index (κ3) is 4.40. The van der Waals surface area contributed by atoms with Gasteiger partial charge in [-0.3, -0.25) is 4.79 Å². The maximum Gasteiger partial charge on any atom is 0.250 e. The number of primary amides is 1. The Morgan fingerprint density at radius 1 is 1.27 bits per heavy atom. The molecule has 0 unspecified atom stereocenters. The number of nitrogens with two attached hydrogens (primary N) is 1. The van der Waals surface area contributed by atoms with Crippen LogP contribution in [0.3, 0.4) is 0 Å². The van der Waals surface area contributed by atoms with E-state index in [4.69, 9.17) is 22.1 Å². The lowest BCUT2D eigenvalue weighted by molar-refractivity contribution is 0.100. The summed E-state index contributed by atoms with van der Waals surface area (Å²) in [6.45, 7) is 2.81. The van der Waals surface area contributed by atoms with Gasteiger partial charge in [0.15, 0.2) is 0 Å². The van der Waals surface area contributed by atoms with Crippen LogP contribution in [0.2, 0.25) is 5.02 Å². The molecule has 0 atom stereocenters. The highest BCUT2D eigenvalue weighted by Crippen LogP contribution is 2.26. The van der Waals surface area contributed by atoms with E-state index >= 15 is 0 Å². The molecule has 0 aliphatic heterocycles. The second-order valence-electron chi connectivity index (χ2n) is 4.91. The molecule has 2 rings (SSSR count). The molecule has 2 aromatic carbocycles. The quantitative estimate of drug-likeness (QED) is 0.745. The van der Waals surface area contributed by atoms with E-state index in [9.17, 15) is 4.79 Å². The van der Waals surface area contributed by atoms with Crippen molar-refractivity contribution in [1.29, 1.82) is 0 Å². The number of ether oxygens (including phenoxy) is 1. The number of unbranched alkanes of at least 4 members (excludes halogenated alkanes) is 1. The summed E-state index contributed by atoms with van der Waals surface area (Å²) in [7, 11) is 0. The average molecular weight is 319 g/mol. The van der Waals surface area contributed by atoms with Crippen LogP contribution in [0.4, 0.5) is 11.4 Å². The van der Waals surface area contributed by atoms with Gasteiger partial charge in [0.1, 0.15) is 5.75 Å². The highest BCUT2D eigenvalue weighted by atomic mass is 35.5. The fraction of sp³-hybridized carbons (Fsp3) is 0.235. The van der Waals surface area contributed by atoms with Gasteiger partial charge in [0.05, 0.1) is 17.9 Å². The fourth-order valence-corrected chi connectivity index (χ4v) is 2.15. The van der Waals surface area contributed by atoms with Crippen LogP contribution in [0.5, 0.6) is 5.75 Å². The lowest BCUT2D eigenvalue weighted by Crippen LogP contribution is -2.13. The monoisotopic (exact) mass is 318 g/mol. The number of hydrogen-bond acceptors (Lipinski definition) is 3. The minimum atomic E-state index is -0.527. The Labute approximate surface area is 135 Å². The van der Waals surface area contributed by atoms with E-state index in [0.717, 1.165) is 24.3 Å². The number of carbonyl (C=O) groups excluding carboxylic acids is 1. The molecule has 0 saturated carbocycles. The van der Waals surface area contributed by atoms with Crippen molar-refractivity contribution in [3.63, 3.8) is 0 Å². The van der Waals surface area contributed by atoms with Gasteiger partial charge in [-0.1, -0.05) is 31.0 Å². The molecule has 0 aliphatic rings. The minimum Gasteiger partial charge on any atom is -0.494 e. The first kappa shape index (κ1) is 16.2. The topological polar surface area (TPSA) is 64.3 Å². The van der Waals surface area contributed by atoms with Crippen molar-refractivity contribution < 1.29 is 9.53 Å². The molecule has 0 heterocycles. The van der Waals surface area contributed by atoms with E-state index in [0.29, 0.717) is 22.9 Å². The molecule has 0 bridgehead atoms. The van der Waals surface area contributed by atoms with E-state index in [1.807, 2.05) is 24.3 Å². The van der Waals surface area contributed by atoms with Crippen LogP contribution < -0.4 is 15.8 Å². The van der Waals surface area contributed by atoms with Crippen molar-refractivity contribution in [2.75, 3.05) is 11.9 Å². The fourth-order valence-electron chi connectivity index (χ4n) is 1.98. The highest BCUT2D eigenvalue weighted by Gasteiger charge is 2.09. The Kier molecular flexibility index (Phi) is 5.67. The summed E-state index contributed by atoms with van der Waals surface area (Å²) < 4.78 is 5.67. The molecular formula is C17H19ClN2O2. The third-order valence-corrected chi connectivity index (χ3v) is 3.36. The lowest BCUT2D eigenvalue weighted by Gasteiger charge is -2.12. The van der Waals surface area contributed by atoms with Crippen molar-refractivity contribution >= 4 is 28.9 Å². The van der Waals surface area contributed by atoms with Crippen LogP contribution in [-0.2, 0) is 0 Å². The summed E-state index contributed by atoms with van der Waals surface area (Å²) >= 11 is 5.90. The number of anilines is 2. The summed E-state index contributed by atoms with van der Waals surface area (Å²) in [5.74, 6) is 0.258. The summed E-state index contributed by atoms with van der Waals surface area (Å²) in [6.07, 6.45) is 2.10. The van der Waals surface area contributed by atoms with Gasteiger partial charge in [-0.05, 0) is 36.8 Å². The molecule has 116 valence electrons. The van der Waals surface area contributed by atoms with Crippen molar-refractivity contribution in [1.82, 2.24) is 0 Å². The second-order valence-corrected chi connectivity index (χ2v) is 5.35. The summed E-state index contributed by atoms with van der Waals surface area (Å²) in [6, 6.07) is 12.6. The molecule has 0 aromatic heterocycles. The molecule has 4 nitrogen and oxygen atoms in total. The van der Waals surface area contributed by atoms with Crippen LogP contribution in [0.25, 0.3) is 0 Å². The Morgan fingerprint density at radius 2 is 2.09 bits per heavy atom. The molecule has 0 fully saturated rings. The molecule has 0 aliphatic carbocycles. The van der Waals surface area contributed by atoms with Crippen LogP contribution in [0.1, 0.15) is 30.1 Å². The Bertz CT molecular complexity index is 659. The summed E-state index contributed by atoms with van der Waals surface area (Å²) in [5.41, 5.74) is 7.17. The van der Waals surface area contributed by atoms with Crippen molar-refractivity contribution in [3.05, 3.63) is 53.1 Å². The first-order chi connectivity index (χ1) is 10.6. The predicted octanol–water partition coefficient (Wildman–Crippen LogP) is 4.36. The van der Waals surface area contributed by atoms with E-state index in [-0.39, 0.29) is 0 Å². The summed E-state index contributed by atoms with van der Waals surface area (Å²) in [4.78, 5) is 11.5. The Morgan fingerprint density at radius 3 is 2.82 bits per heavy atom. The Balaban J connectivity index is 2.17. The van der Waals surface area contributed by atoms with Gasteiger partial charge < -0.3 is 15.8 Å². The van der Waals surface area contributed by atoms with Crippen LogP contribution in [0, 0.1) is 0 Å². The molecule has 0 saturated heterocycles. The molecule has 1 amide bonds. The van der Waals surface area contributed by atoms with Crippen molar-refractivity contribution in [2.45, 2.75) is 19.8 Å². The zero-order valence-corrected chi connectivity index (χ0v) is 13.2. The molecular weight excluding hydrogens is 300 g/mol. The van der Waals surface area contributed by atoms with Gasteiger partial charge in [-0.15, -0.1) is 0 Å². The first-order valence-corrected chi connectivity index (χ1v) is 7.57. The van der Waals surface area contributed by atoms with E-state index in [2.05, 4.69) is 12.2 Å². The maximum atomic E-state index is 11.5. The van der Waals surface area contributed by atoms with Crippen LogP contribution in [0.15, 0.2) is 42.5 Å². The second kappa shape index (κ2) is 7.71. The average Bonchev–Trinajstić information content (AvgIpc) is 2.49. The smallest absolute Gasteiger partial charge is 0.250 e. The van der Waals surface area contributed by atoms with Gasteiger partial charge >= 0.3 is 0 Å². The van der Waals surface area contributed by atoms with Gasteiger partial charge in [-0.2, -0.15) is 0 Å². The molecule has 22 heavy (non-hydrogen) atoms. The SMILES string of the molecule is CCCCOc1cccc(Nc2ccc(Cl)cc2C(N)=O)c1. The molecule has 3 N–H and O–H groups in total. The number of halogens is 1. The number of hydrogen-bond donors (Lipinski definition) is 2. The van der Waals surface area contributed by atoms with Gasteiger partial charge in [0.2, 0.25) is 0 Å². The number of benzene rings is 2. The first-order valence-electron chi connectivity index (χ1n) is 7.19. The van der Waals surface area contributed by atoms with E-state index in [1.165, 1.54) is 0 Å². The van der Waals surface area contributed by atoms with Crippen molar-refractivity contribution in [3.8, 4) is 5.75 Å². The van der Waals surface area contributed by atoms with Crippen molar-refractivity contribution in [2.24, 2.45) is 5.73 Å². The number of rotatable bonds is 7. The number of amides is 1. The zero-order chi connectivity index (χ0) is 15.9. The number of nitrogens with one attached hydrogen (secondary N) is 1. The number of carbonyl (C=O) groups is 1. The molecule has 0 radical (unpaired) electrons. The highest BCUT2D eigenvalue weighted by molar-refractivity contribution is 6.31. The zero-order valence-electron chi connectivity index (χ0n) is 12.4. The summed E-state index contributed by atoms with van der Waals surface area (Å²) in [5, 5.41) is 3.64. The van der Waals surface area contributed by atoms with Gasteiger partial charge in [0, 0.05) is 16.8 Å². The Hall–Kier alpha value is -2.20. The predicted molar refractivity (Wildman–Crippen MR) is 90.1 cm³/mol. The largest absolute Gasteiger partial charge is 0.494 e. The standard InChI is InChI=1S/C17H19ClN2O2/c1-2-3-9-22-14-6-4-5-13(11-14)20-16-8-7-12(18)10-15(16)17(19)21/h4-8,10-11,20H,2-3,9H2,1H3,(H2,19,21). The maximum absolute atomic E-state index is 11.5. The normalized spacial score (nSPS) is 10.3. The lowest BCUT2D eigenvalue weighted by atomic mass is 10.1. The molecule has 2 aromatic rings. The minimum absolute atomic E-state index is 0.352. The molecule has 0 spiro atoms. The third-order valence-electron chi connectivity index (χ3n) is 3.13. The van der Waals surface area contributed by atoms with Crippen LogP contribution >= 0.6 is 11.6 Å². The van der Waals surface area contributed by atoms with E-state index < -0.39 is 5.91 Å². The van der Waals surface area contributed by atoms with Crippen LogP contribution in [-0.4, -0.2) is 12.5 Å².